The van der Waals surface area contributed by atoms with Crippen LogP contribution in [-0.4, -0.2) is 6.03 Å². The average Bonchev–Trinajstić information content (AvgIpc) is 2.78. The molecule has 3 N–H and O–H groups in total. The number of benzene rings is 2. The molecule has 0 spiro atoms. The standard InChI is InChI=1S/C15H14N2O2/c16-15(18)17-19-9-11-5-3-7-13-12-6-2-1-4-10(12)8-14(11)13/h1-7H,8-9H2,(H3,16,17,18). The van der Waals surface area contributed by atoms with Gasteiger partial charge in [0.1, 0.15) is 6.61 Å². The van der Waals surface area contributed by atoms with Crippen LogP contribution in [0.3, 0.4) is 0 Å². The first-order valence-corrected chi connectivity index (χ1v) is 6.12. The predicted molar refractivity (Wildman–Crippen MR) is 72.2 cm³/mol. The lowest BCUT2D eigenvalue weighted by atomic mass is 10.0. The Morgan fingerprint density at radius 2 is 1.95 bits per heavy atom. The van der Waals surface area contributed by atoms with Crippen LogP contribution in [0.15, 0.2) is 42.5 Å². The van der Waals surface area contributed by atoms with Crippen LogP contribution in [0.1, 0.15) is 16.7 Å². The van der Waals surface area contributed by atoms with Gasteiger partial charge in [0.25, 0.3) is 0 Å². The van der Waals surface area contributed by atoms with Crippen molar-refractivity contribution in [3.05, 3.63) is 59.2 Å². The third-order valence-electron chi connectivity index (χ3n) is 3.35. The number of nitrogens with one attached hydrogen (secondary N) is 1. The van der Waals surface area contributed by atoms with Crippen LogP contribution in [0, 0.1) is 0 Å². The zero-order chi connectivity index (χ0) is 13.2. The van der Waals surface area contributed by atoms with Gasteiger partial charge in [-0.05, 0) is 34.2 Å². The lowest BCUT2D eigenvalue weighted by Crippen LogP contribution is -2.29. The van der Waals surface area contributed by atoms with Crippen LogP contribution in [0.5, 0.6) is 0 Å². The Kier molecular flexibility index (Phi) is 2.93. The highest BCUT2D eigenvalue weighted by Gasteiger charge is 2.20. The Hall–Kier alpha value is -2.33. The molecule has 19 heavy (non-hydrogen) atoms. The van der Waals surface area contributed by atoms with E-state index in [-0.39, 0.29) is 0 Å². The number of carbonyl (C=O) groups is 1. The molecular formula is C15H14N2O2. The summed E-state index contributed by atoms with van der Waals surface area (Å²) >= 11 is 0. The SMILES string of the molecule is NC(=O)NOCc1cccc2c1Cc1ccccc1-2. The molecule has 0 radical (unpaired) electrons. The number of hydrogen-bond donors (Lipinski definition) is 2. The minimum Gasteiger partial charge on any atom is -0.350 e. The molecule has 0 saturated heterocycles. The molecule has 0 saturated carbocycles. The summed E-state index contributed by atoms with van der Waals surface area (Å²) in [6.45, 7) is 0.320. The molecule has 1 aliphatic rings. The van der Waals surface area contributed by atoms with E-state index in [9.17, 15) is 4.79 Å². The molecule has 0 aromatic heterocycles. The average molecular weight is 254 g/mol. The fraction of sp³-hybridized carbons (Fsp3) is 0.133. The summed E-state index contributed by atoms with van der Waals surface area (Å²) in [5.74, 6) is 0. The molecule has 4 nitrogen and oxygen atoms in total. The Morgan fingerprint density at radius 1 is 1.16 bits per heavy atom. The smallest absolute Gasteiger partial charge is 0.336 e. The molecule has 1 aliphatic carbocycles. The summed E-state index contributed by atoms with van der Waals surface area (Å²) < 4.78 is 0. The summed E-state index contributed by atoms with van der Waals surface area (Å²) in [4.78, 5) is 15.7. The van der Waals surface area contributed by atoms with Crippen molar-refractivity contribution in [1.29, 1.82) is 0 Å². The van der Waals surface area contributed by atoms with Crippen LogP contribution >= 0.6 is 0 Å². The van der Waals surface area contributed by atoms with Gasteiger partial charge in [0.05, 0.1) is 0 Å². The van der Waals surface area contributed by atoms with Crippen molar-refractivity contribution >= 4 is 6.03 Å². The molecule has 0 unspecified atom stereocenters. The van der Waals surface area contributed by atoms with Crippen molar-refractivity contribution in [2.75, 3.05) is 0 Å². The number of primary amides is 1. The lowest BCUT2D eigenvalue weighted by molar-refractivity contribution is 0.0518. The first kappa shape index (κ1) is 11.7. The topological polar surface area (TPSA) is 64.4 Å². The fourth-order valence-corrected chi connectivity index (χ4v) is 2.54. The molecule has 2 aromatic carbocycles. The van der Waals surface area contributed by atoms with E-state index in [1.165, 1.54) is 22.3 Å². The number of urea groups is 1. The Morgan fingerprint density at radius 3 is 2.79 bits per heavy atom. The highest BCUT2D eigenvalue weighted by Crippen LogP contribution is 2.38. The lowest BCUT2D eigenvalue weighted by Gasteiger charge is -2.08. The van der Waals surface area contributed by atoms with Crippen molar-refractivity contribution in [2.45, 2.75) is 13.0 Å². The van der Waals surface area contributed by atoms with Crippen LogP contribution < -0.4 is 11.2 Å². The molecule has 2 aromatic rings. The second-order valence-corrected chi connectivity index (χ2v) is 4.53. The van der Waals surface area contributed by atoms with Crippen molar-refractivity contribution < 1.29 is 9.63 Å². The van der Waals surface area contributed by atoms with Gasteiger partial charge in [-0.1, -0.05) is 42.5 Å². The summed E-state index contributed by atoms with van der Waals surface area (Å²) in [5.41, 5.74) is 13.3. The van der Waals surface area contributed by atoms with E-state index in [0.717, 1.165) is 12.0 Å². The maximum atomic E-state index is 10.6. The van der Waals surface area contributed by atoms with Crippen LogP contribution in [0.4, 0.5) is 4.79 Å². The van der Waals surface area contributed by atoms with E-state index in [1.807, 2.05) is 18.2 Å². The van der Waals surface area contributed by atoms with E-state index in [4.69, 9.17) is 10.6 Å². The quantitative estimate of drug-likeness (QED) is 0.705. The Bertz CT molecular complexity index is 638. The maximum absolute atomic E-state index is 10.6. The van der Waals surface area contributed by atoms with Gasteiger partial charge < -0.3 is 5.73 Å². The van der Waals surface area contributed by atoms with Crippen molar-refractivity contribution in [1.82, 2.24) is 5.48 Å². The maximum Gasteiger partial charge on any atom is 0.336 e. The monoisotopic (exact) mass is 254 g/mol. The molecule has 0 atom stereocenters. The molecule has 0 aliphatic heterocycles. The van der Waals surface area contributed by atoms with Gasteiger partial charge in [0.2, 0.25) is 0 Å². The molecule has 3 rings (SSSR count). The number of nitrogens with two attached hydrogens (primary N) is 1. The summed E-state index contributed by atoms with van der Waals surface area (Å²) in [6.07, 6.45) is 0.904. The molecule has 2 amide bonds. The number of hydrogen-bond acceptors (Lipinski definition) is 2. The number of carbonyl (C=O) groups excluding carboxylic acids is 1. The second-order valence-electron chi connectivity index (χ2n) is 4.53. The summed E-state index contributed by atoms with van der Waals surface area (Å²) in [5, 5.41) is 0. The normalized spacial score (nSPS) is 11.8. The molecule has 0 heterocycles. The third-order valence-corrected chi connectivity index (χ3v) is 3.35. The zero-order valence-electron chi connectivity index (χ0n) is 10.3. The van der Waals surface area contributed by atoms with Gasteiger partial charge in [0, 0.05) is 0 Å². The predicted octanol–water partition coefficient (Wildman–Crippen LogP) is 2.36. The third kappa shape index (κ3) is 2.18. The zero-order valence-corrected chi connectivity index (χ0v) is 10.3. The first-order chi connectivity index (χ1) is 9.25. The minimum atomic E-state index is -0.684. The van der Waals surface area contributed by atoms with Gasteiger partial charge in [-0.25, -0.2) is 10.3 Å². The fourth-order valence-electron chi connectivity index (χ4n) is 2.54. The summed E-state index contributed by atoms with van der Waals surface area (Å²) in [7, 11) is 0. The molecular weight excluding hydrogens is 240 g/mol. The largest absolute Gasteiger partial charge is 0.350 e. The van der Waals surface area contributed by atoms with Gasteiger partial charge in [-0.2, -0.15) is 0 Å². The van der Waals surface area contributed by atoms with E-state index in [0.29, 0.717) is 6.61 Å². The molecule has 0 bridgehead atoms. The van der Waals surface area contributed by atoms with Crippen LogP contribution in [0.2, 0.25) is 0 Å². The van der Waals surface area contributed by atoms with Crippen LogP contribution in [0.25, 0.3) is 11.1 Å². The minimum absolute atomic E-state index is 0.320. The van der Waals surface area contributed by atoms with Crippen molar-refractivity contribution in [2.24, 2.45) is 5.73 Å². The number of amides is 2. The Balaban J connectivity index is 1.88. The molecule has 4 heteroatoms. The van der Waals surface area contributed by atoms with Gasteiger partial charge in [0.15, 0.2) is 0 Å². The molecule has 0 fully saturated rings. The number of fused-ring (bicyclic) bond motifs is 3. The Labute approximate surface area is 111 Å². The highest BCUT2D eigenvalue weighted by atomic mass is 16.7. The van der Waals surface area contributed by atoms with E-state index in [1.54, 1.807) is 0 Å². The van der Waals surface area contributed by atoms with Crippen molar-refractivity contribution in [3.8, 4) is 11.1 Å². The first-order valence-electron chi connectivity index (χ1n) is 6.12. The molecule has 96 valence electrons. The van der Waals surface area contributed by atoms with E-state index in [2.05, 4.69) is 29.7 Å². The highest BCUT2D eigenvalue weighted by molar-refractivity contribution is 5.77. The second kappa shape index (κ2) is 4.74. The van der Waals surface area contributed by atoms with E-state index < -0.39 is 6.03 Å². The van der Waals surface area contributed by atoms with Crippen LogP contribution in [-0.2, 0) is 17.9 Å². The number of rotatable bonds is 3. The summed E-state index contributed by atoms with van der Waals surface area (Å²) in [6, 6.07) is 13.8. The number of hydroxylamine groups is 1. The van der Waals surface area contributed by atoms with Gasteiger partial charge in [-0.3, -0.25) is 4.84 Å². The van der Waals surface area contributed by atoms with E-state index >= 15 is 0 Å². The van der Waals surface area contributed by atoms with Gasteiger partial charge in [-0.15, -0.1) is 0 Å². The van der Waals surface area contributed by atoms with Gasteiger partial charge >= 0.3 is 6.03 Å². The van der Waals surface area contributed by atoms with Crippen molar-refractivity contribution in [3.63, 3.8) is 0 Å².